The van der Waals surface area contributed by atoms with Crippen molar-refractivity contribution in [1.29, 1.82) is 5.26 Å². The molecule has 0 aliphatic heterocycles. The van der Waals surface area contributed by atoms with Crippen molar-refractivity contribution in [3.63, 3.8) is 0 Å². The third-order valence-corrected chi connectivity index (χ3v) is 3.41. The van der Waals surface area contributed by atoms with Gasteiger partial charge in [0.25, 0.3) is 0 Å². The number of fused-ring (bicyclic) bond motifs is 1. The van der Waals surface area contributed by atoms with Crippen molar-refractivity contribution in [1.82, 2.24) is 4.98 Å². The number of nitrogens with two attached hydrogens (primary N) is 2. The summed E-state index contributed by atoms with van der Waals surface area (Å²) in [6.07, 6.45) is 0. The van der Waals surface area contributed by atoms with Gasteiger partial charge < -0.3 is 11.5 Å². The van der Waals surface area contributed by atoms with Gasteiger partial charge in [0.15, 0.2) is 5.78 Å². The Morgan fingerprint density at radius 2 is 2.25 bits per heavy atom. The Bertz CT molecular complexity index is 638. The fourth-order valence-electron chi connectivity index (χ4n) is 1.41. The maximum atomic E-state index is 11.3. The summed E-state index contributed by atoms with van der Waals surface area (Å²) in [5.74, 6) is 0.0453. The smallest absolute Gasteiger partial charge is 0.171 e. The molecule has 0 amide bonds. The monoisotopic (exact) mass is 232 g/mol. The van der Waals surface area contributed by atoms with Crippen LogP contribution in [0.3, 0.4) is 0 Å². The van der Waals surface area contributed by atoms with Crippen molar-refractivity contribution >= 4 is 38.8 Å². The van der Waals surface area contributed by atoms with Crippen molar-refractivity contribution in [2.45, 2.75) is 6.92 Å². The van der Waals surface area contributed by atoms with Crippen LogP contribution in [0.5, 0.6) is 0 Å². The highest BCUT2D eigenvalue weighted by Crippen LogP contribution is 2.34. The maximum Gasteiger partial charge on any atom is 0.171 e. The Labute approximate surface area is 95.3 Å². The number of carbonyl (C=O) groups is 1. The zero-order valence-corrected chi connectivity index (χ0v) is 9.26. The van der Waals surface area contributed by atoms with Gasteiger partial charge in [0.1, 0.15) is 16.7 Å². The lowest BCUT2D eigenvalue weighted by molar-refractivity contribution is 0.102. The first-order valence-corrected chi connectivity index (χ1v) is 5.25. The van der Waals surface area contributed by atoms with Crippen LogP contribution in [0.25, 0.3) is 10.2 Å². The number of Topliss-reactive ketones (excluding diaryl/α,β-unsaturated/α-hetero) is 1. The van der Waals surface area contributed by atoms with E-state index in [1.165, 1.54) is 18.3 Å². The number of rotatable bonds is 1. The molecule has 4 N–H and O–H groups in total. The zero-order chi connectivity index (χ0) is 11.9. The molecular weight excluding hydrogens is 224 g/mol. The zero-order valence-electron chi connectivity index (χ0n) is 8.44. The Morgan fingerprint density at radius 3 is 2.81 bits per heavy atom. The highest BCUT2D eigenvalue weighted by atomic mass is 32.1. The molecule has 2 rings (SSSR count). The third-order valence-electron chi connectivity index (χ3n) is 2.19. The van der Waals surface area contributed by atoms with Crippen LogP contribution in [0.15, 0.2) is 6.07 Å². The molecule has 2 heterocycles. The van der Waals surface area contributed by atoms with Gasteiger partial charge in [0.2, 0.25) is 0 Å². The number of hydrogen-bond donors (Lipinski definition) is 2. The van der Waals surface area contributed by atoms with E-state index in [0.29, 0.717) is 20.8 Å². The minimum atomic E-state index is -0.113. The predicted molar refractivity (Wildman–Crippen MR) is 63.2 cm³/mol. The summed E-state index contributed by atoms with van der Waals surface area (Å²) in [7, 11) is 0. The van der Waals surface area contributed by atoms with E-state index in [1.807, 2.05) is 6.07 Å². The van der Waals surface area contributed by atoms with Crippen LogP contribution in [-0.2, 0) is 0 Å². The number of aromatic nitrogens is 1. The van der Waals surface area contributed by atoms with Crippen molar-refractivity contribution in [3.05, 3.63) is 16.5 Å². The van der Waals surface area contributed by atoms with E-state index in [9.17, 15) is 4.79 Å². The summed E-state index contributed by atoms with van der Waals surface area (Å²) in [4.78, 5) is 16.4. The molecule has 16 heavy (non-hydrogen) atoms. The van der Waals surface area contributed by atoms with Crippen LogP contribution in [0.2, 0.25) is 0 Å². The lowest BCUT2D eigenvalue weighted by Gasteiger charge is -1.96. The van der Waals surface area contributed by atoms with E-state index in [4.69, 9.17) is 16.7 Å². The lowest BCUT2D eigenvalue weighted by atomic mass is 10.2. The molecule has 0 bridgehead atoms. The fraction of sp³-hybridized carbons (Fsp3) is 0.100. The van der Waals surface area contributed by atoms with Gasteiger partial charge in [-0.15, -0.1) is 11.3 Å². The normalized spacial score (nSPS) is 10.2. The van der Waals surface area contributed by atoms with Crippen LogP contribution in [0.1, 0.15) is 22.2 Å². The fourth-order valence-corrected chi connectivity index (χ4v) is 2.39. The molecule has 0 aliphatic rings. The summed E-state index contributed by atoms with van der Waals surface area (Å²) in [6, 6.07) is 3.50. The number of carbonyl (C=O) groups excluding carboxylic acids is 1. The van der Waals surface area contributed by atoms with Gasteiger partial charge in [0.05, 0.1) is 16.1 Å². The van der Waals surface area contributed by atoms with Gasteiger partial charge in [0, 0.05) is 12.3 Å². The van der Waals surface area contributed by atoms with E-state index in [1.54, 1.807) is 6.07 Å². The highest BCUT2D eigenvalue weighted by Gasteiger charge is 2.15. The van der Waals surface area contributed by atoms with E-state index < -0.39 is 0 Å². The summed E-state index contributed by atoms with van der Waals surface area (Å²) >= 11 is 1.19. The largest absolute Gasteiger partial charge is 0.397 e. The molecule has 0 atom stereocenters. The summed E-state index contributed by atoms with van der Waals surface area (Å²) in [5, 5.41) is 9.42. The molecule has 0 saturated heterocycles. The van der Waals surface area contributed by atoms with Crippen molar-refractivity contribution in [2.75, 3.05) is 11.5 Å². The number of ketones is 1. The number of thiophene rings is 1. The Hall–Kier alpha value is -2.13. The molecule has 0 aliphatic carbocycles. The average molecular weight is 232 g/mol. The van der Waals surface area contributed by atoms with Gasteiger partial charge in [-0.1, -0.05) is 0 Å². The van der Waals surface area contributed by atoms with Crippen LogP contribution >= 0.6 is 11.3 Å². The Balaban J connectivity index is 2.84. The number of anilines is 2. The molecular formula is C10H8N4OS. The van der Waals surface area contributed by atoms with E-state index in [2.05, 4.69) is 4.98 Å². The number of hydrogen-bond acceptors (Lipinski definition) is 6. The number of pyridine rings is 1. The van der Waals surface area contributed by atoms with Gasteiger partial charge >= 0.3 is 0 Å². The third kappa shape index (κ3) is 1.38. The standard InChI is InChI=1S/C10H8N4OS/c1-4(15)8-7(12)6-2-5(3-11)9(13)14-10(6)16-8/h2H,12H2,1H3,(H2,13,14). The molecule has 0 aromatic carbocycles. The molecule has 2 aromatic heterocycles. The van der Waals surface area contributed by atoms with Crippen LogP contribution in [0.4, 0.5) is 11.5 Å². The minimum Gasteiger partial charge on any atom is -0.397 e. The molecule has 0 unspecified atom stereocenters. The second-order valence-electron chi connectivity index (χ2n) is 3.29. The van der Waals surface area contributed by atoms with Crippen molar-refractivity contribution in [3.8, 4) is 6.07 Å². The molecule has 5 nitrogen and oxygen atoms in total. The molecule has 0 spiro atoms. The molecule has 0 saturated carbocycles. The minimum absolute atomic E-state index is 0.113. The first-order chi connectivity index (χ1) is 7.54. The number of nitrogen functional groups attached to an aromatic ring is 2. The van der Waals surface area contributed by atoms with Gasteiger partial charge in [-0.2, -0.15) is 5.26 Å². The quantitative estimate of drug-likeness (QED) is 0.725. The molecule has 0 radical (unpaired) electrons. The Morgan fingerprint density at radius 1 is 1.56 bits per heavy atom. The summed E-state index contributed by atoms with van der Waals surface area (Å²) in [6.45, 7) is 1.44. The van der Waals surface area contributed by atoms with Gasteiger partial charge in [-0.05, 0) is 6.07 Å². The SMILES string of the molecule is CC(=O)c1sc2nc(N)c(C#N)cc2c1N. The van der Waals surface area contributed by atoms with Gasteiger partial charge in [-0.25, -0.2) is 4.98 Å². The molecule has 0 fully saturated rings. The summed E-state index contributed by atoms with van der Waals surface area (Å²) < 4.78 is 0. The van der Waals surface area contributed by atoms with Crippen LogP contribution in [0, 0.1) is 11.3 Å². The molecule has 2 aromatic rings. The maximum absolute atomic E-state index is 11.3. The first-order valence-electron chi connectivity index (χ1n) is 4.44. The average Bonchev–Trinajstić information content (AvgIpc) is 2.54. The van der Waals surface area contributed by atoms with E-state index in [0.717, 1.165) is 0 Å². The summed E-state index contributed by atoms with van der Waals surface area (Å²) in [5.41, 5.74) is 12.0. The predicted octanol–water partition coefficient (Wildman–Crippen LogP) is 1.53. The van der Waals surface area contributed by atoms with Gasteiger partial charge in [-0.3, -0.25) is 4.79 Å². The van der Waals surface area contributed by atoms with Crippen LogP contribution in [-0.4, -0.2) is 10.8 Å². The highest BCUT2D eigenvalue weighted by molar-refractivity contribution is 7.21. The molecule has 80 valence electrons. The molecule has 6 heteroatoms. The topological polar surface area (TPSA) is 106 Å². The second-order valence-corrected chi connectivity index (χ2v) is 4.29. The van der Waals surface area contributed by atoms with E-state index >= 15 is 0 Å². The lowest BCUT2D eigenvalue weighted by Crippen LogP contribution is -1.95. The second kappa shape index (κ2) is 3.47. The van der Waals surface area contributed by atoms with Crippen molar-refractivity contribution < 1.29 is 4.79 Å². The Kier molecular flexibility index (Phi) is 2.25. The first kappa shape index (κ1) is 10.4. The number of nitrogens with zero attached hydrogens (tertiary/aromatic N) is 2. The van der Waals surface area contributed by atoms with Crippen molar-refractivity contribution in [2.24, 2.45) is 0 Å². The number of nitriles is 1. The van der Waals surface area contributed by atoms with E-state index in [-0.39, 0.29) is 17.2 Å². The van der Waals surface area contributed by atoms with Crippen LogP contribution < -0.4 is 11.5 Å².